The fourth-order valence-corrected chi connectivity index (χ4v) is 5.06. The lowest BCUT2D eigenvalue weighted by molar-refractivity contribution is 0.122. The van der Waals surface area contributed by atoms with E-state index >= 15 is 0 Å². The average Bonchev–Trinajstić information content (AvgIpc) is 2.92. The average molecular weight is 534 g/mol. The van der Waals surface area contributed by atoms with Crippen molar-refractivity contribution in [1.82, 2.24) is 39.5 Å². The summed E-state index contributed by atoms with van der Waals surface area (Å²) in [4.78, 5) is 30.9. The zero-order valence-electron chi connectivity index (χ0n) is 22.1. The van der Waals surface area contributed by atoms with Crippen LogP contribution < -0.4 is 15.5 Å². The molecule has 5 rings (SSSR count). The van der Waals surface area contributed by atoms with Gasteiger partial charge in [-0.2, -0.15) is 9.97 Å². The standard InChI is InChI=1S/C24H40ClN11O/c1-32-7-11-34(12-8-32)5-3-26-21-19-22(31-24(30-21)36-15-17-37-18-16-36)29-23(20(25)28-19)27-4-6-35-13-9-33(2)10-14-35/h3-18H2,1-2H3,(H2,26,27,29,30,31). The molecule has 3 aliphatic heterocycles. The van der Waals surface area contributed by atoms with E-state index in [2.05, 4.69) is 54.2 Å². The first-order valence-corrected chi connectivity index (χ1v) is 13.8. The highest BCUT2D eigenvalue weighted by molar-refractivity contribution is 6.32. The maximum absolute atomic E-state index is 6.59. The van der Waals surface area contributed by atoms with Crippen LogP contribution in [0.3, 0.4) is 0 Å². The number of halogens is 1. The van der Waals surface area contributed by atoms with Gasteiger partial charge in [0.25, 0.3) is 0 Å². The molecule has 2 aromatic heterocycles. The van der Waals surface area contributed by atoms with E-state index in [0.717, 1.165) is 91.6 Å². The highest BCUT2D eigenvalue weighted by Crippen LogP contribution is 2.26. The second-order valence-electron chi connectivity index (χ2n) is 10.2. The van der Waals surface area contributed by atoms with Crippen molar-refractivity contribution in [2.45, 2.75) is 0 Å². The largest absolute Gasteiger partial charge is 0.378 e. The van der Waals surface area contributed by atoms with Gasteiger partial charge >= 0.3 is 0 Å². The number of nitrogens with zero attached hydrogens (tertiary/aromatic N) is 9. The Balaban J connectivity index is 1.30. The predicted molar refractivity (Wildman–Crippen MR) is 148 cm³/mol. The van der Waals surface area contributed by atoms with Crippen LogP contribution in [0.4, 0.5) is 17.6 Å². The summed E-state index contributed by atoms with van der Waals surface area (Å²) in [6, 6.07) is 0. The number of rotatable bonds is 9. The van der Waals surface area contributed by atoms with Gasteiger partial charge in [0.1, 0.15) is 0 Å². The van der Waals surface area contributed by atoms with Gasteiger partial charge in [-0.15, -0.1) is 0 Å². The fourth-order valence-electron chi connectivity index (χ4n) is 4.86. The molecule has 0 unspecified atom stereocenters. The van der Waals surface area contributed by atoms with Gasteiger partial charge < -0.3 is 30.1 Å². The fraction of sp³-hybridized carbons (Fsp3) is 0.750. The molecule has 3 aliphatic rings. The van der Waals surface area contributed by atoms with Crippen molar-refractivity contribution in [3.05, 3.63) is 5.15 Å². The lowest BCUT2D eigenvalue weighted by Gasteiger charge is -2.32. The Morgan fingerprint density at radius 2 is 1.27 bits per heavy atom. The highest BCUT2D eigenvalue weighted by Gasteiger charge is 2.21. The molecule has 5 heterocycles. The first-order chi connectivity index (χ1) is 18.0. The first kappa shape index (κ1) is 26.5. The molecule has 3 fully saturated rings. The number of anilines is 3. The third-order valence-electron chi connectivity index (χ3n) is 7.40. The molecule has 0 amide bonds. The minimum atomic E-state index is 0.343. The quantitative estimate of drug-likeness (QED) is 0.461. The van der Waals surface area contributed by atoms with E-state index < -0.39 is 0 Å². The van der Waals surface area contributed by atoms with Gasteiger partial charge in [-0.25, -0.2) is 9.97 Å². The predicted octanol–water partition coefficient (Wildman–Crippen LogP) is 0.228. The van der Waals surface area contributed by atoms with Crippen LogP contribution in [0.2, 0.25) is 5.15 Å². The van der Waals surface area contributed by atoms with E-state index in [9.17, 15) is 0 Å². The van der Waals surface area contributed by atoms with Crippen LogP contribution in [0, 0.1) is 0 Å². The molecule has 3 saturated heterocycles. The number of ether oxygens (including phenoxy) is 1. The van der Waals surface area contributed by atoms with Gasteiger partial charge in [0.05, 0.1) is 13.2 Å². The number of hydrogen-bond acceptors (Lipinski definition) is 12. The summed E-state index contributed by atoms with van der Waals surface area (Å²) < 4.78 is 5.53. The zero-order valence-corrected chi connectivity index (χ0v) is 22.9. The van der Waals surface area contributed by atoms with Crippen molar-refractivity contribution < 1.29 is 4.74 Å². The molecule has 13 heteroatoms. The topological polar surface area (TPSA) is 101 Å². The molecule has 0 aliphatic carbocycles. The van der Waals surface area contributed by atoms with Gasteiger partial charge in [0.2, 0.25) is 5.95 Å². The van der Waals surface area contributed by atoms with Crippen LogP contribution in [-0.4, -0.2) is 158 Å². The normalized spacial score (nSPS) is 21.0. The summed E-state index contributed by atoms with van der Waals surface area (Å²) in [7, 11) is 4.34. The van der Waals surface area contributed by atoms with Crippen molar-refractivity contribution in [2.75, 3.05) is 134 Å². The van der Waals surface area contributed by atoms with Crippen LogP contribution in [0.15, 0.2) is 0 Å². The Kier molecular flexibility index (Phi) is 9.06. The number of aromatic nitrogens is 4. The monoisotopic (exact) mass is 533 g/mol. The number of morpholine rings is 1. The zero-order chi connectivity index (χ0) is 25.6. The van der Waals surface area contributed by atoms with Crippen molar-refractivity contribution in [3.8, 4) is 0 Å². The summed E-state index contributed by atoms with van der Waals surface area (Å²) in [6.07, 6.45) is 0. The second kappa shape index (κ2) is 12.6. The summed E-state index contributed by atoms with van der Waals surface area (Å²) in [5.74, 6) is 1.90. The smallest absolute Gasteiger partial charge is 0.229 e. The van der Waals surface area contributed by atoms with Crippen LogP contribution in [0.25, 0.3) is 11.2 Å². The van der Waals surface area contributed by atoms with Crippen molar-refractivity contribution >= 4 is 40.3 Å². The van der Waals surface area contributed by atoms with Crippen LogP contribution in [0.1, 0.15) is 0 Å². The molecule has 0 aromatic carbocycles. The summed E-state index contributed by atoms with van der Waals surface area (Å²) in [5, 5.41) is 7.23. The summed E-state index contributed by atoms with van der Waals surface area (Å²) in [6.45, 7) is 15.0. The lowest BCUT2D eigenvalue weighted by Crippen LogP contribution is -2.45. The number of hydrogen-bond donors (Lipinski definition) is 2. The molecular formula is C24H40ClN11O. The molecule has 2 N–H and O–H groups in total. The molecule has 37 heavy (non-hydrogen) atoms. The molecule has 2 aromatic rings. The van der Waals surface area contributed by atoms with E-state index in [4.69, 9.17) is 31.3 Å². The van der Waals surface area contributed by atoms with E-state index in [0.29, 0.717) is 47.1 Å². The molecule has 0 spiro atoms. The second-order valence-corrected chi connectivity index (χ2v) is 10.5. The molecule has 0 atom stereocenters. The molecule has 0 radical (unpaired) electrons. The number of fused-ring (bicyclic) bond motifs is 1. The third-order valence-corrected chi connectivity index (χ3v) is 7.67. The summed E-state index contributed by atoms with van der Waals surface area (Å²) >= 11 is 6.59. The van der Waals surface area contributed by atoms with Crippen LogP contribution in [-0.2, 0) is 4.74 Å². The van der Waals surface area contributed by atoms with Gasteiger partial charge in [0.15, 0.2) is 28.0 Å². The van der Waals surface area contributed by atoms with Crippen LogP contribution >= 0.6 is 11.6 Å². The number of piperazine rings is 2. The van der Waals surface area contributed by atoms with Crippen LogP contribution in [0.5, 0.6) is 0 Å². The Bertz CT molecular complexity index is 1020. The minimum absolute atomic E-state index is 0.343. The highest BCUT2D eigenvalue weighted by atomic mass is 35.5. The van der Waals surface area contributed by atoms with Gasteiger partial charge in [-0.05, 0) is 14.1 Å². The number of likely N-dealkylation sites (N-methyl/N-ethyl adjacent to an activating group) is 2. The van der Waals surface area contributed by atoms with Crippen molar-refractivity contribution in [1.29, 1.82) is 0 Å². The minimum Gasteiger partial charge on any atom is -0.378 e. The third kappa shape index (κ3) is 7.06. The van der Waals surface area contributed by atoms with E-state index in [1.54, 1.807) is 0 Å². The molecular weight excluding hydrogens is 494 g/mol. The maximum atomic E-state index is 6.59. The summed E-state index contributed by atoms with van der Waals surface area (Å²) in [5.41, 5.74) is 1.15. The maximum Gasteiger partial charge on any atom is 0.229 e. The molecule has 12 nitrogen and oxygen atoms in total. The van der Waals surface area contributed by atoms with E-state index in [1.807, 2.05) is 0 Å². The SMILES string of the molecule is CN1CCN(CCNc2nc3nc(N4CCOCC4)nc(NCCN4CCN(C)CC4)c3nc2Cl)CC1. The van der Waals surface area contributed by atoms with Crippen molar-refractivity contribution in [3.63, 3.8) is 0 Å². The van der Waals surface area contributed by atoms with E-state index in [-0.39, 0.29) is 0 Å². The Morgan fingerprint density at radius 3 is 1.86 bits per heavy atom. The Labute approximate surface area is 224 Å². The molecule has 204 valence electrons. The number of nitrogens with one attached hydrogen (secondary N) is 2. The van der Waals surface area contributed by atoms with E-state index in [1.165, 1.54) is 0 Å². The van der Waals surface area contributed by atoms with Crippen molar-refractivity contribution in [2.24, 2.45) is 0 Å². The first-order valence-electron chi connectivity index (χ1n) is 13.4. The van der Waals surface area contributed by atoms with Gasteiger partial charge in [-0.3, -0.25) is 9.80 Å². The van der Waals surface area contributed by atoms with Gasteiger partial charge in [0, 0.05) is 91.6 Å². The Hall–Kier alpha value is -2.09. The molecule has 0 saturated carbocycles. The Morgan fingerprint density at radius 1 is 0.703 bits per heavy atom. The molecule has 0 bridgehead atoms. The lowest BCUT2D eigenvalue weighted by atomic mass is 10.3. The van der Waals surface area contributed by atoms with Gasteiger partial charge in [-0.1, -0.05) is 11.6 Å².